The fraction of sp³-hybridized carbons (Fsp3) is 0.0600. The molecule has 3 heteroatoms. The summed E-state index contributed by atoms with van der Waals surface area (Å²) in [5.41, 5.74) is 12.7. The van der Waals surface area contributed by atoms with Crippen LogP contribution in [0.25, 0.3) is 89.1 Å². The smallest absolute Gasteiger partial charge is 0.164 e. The minimum absolute atomic E-state index is 0.0829. The van der Waals surface area contributed by atoms with E-state index >= 15 is 0 Å². The van der Waals surface area contributed by atoms with Crippen LogP contribution in [0.15, 0.2) is 176 Å². The van der Waals surface area contributed by atoms with Gasteiger partial charge in [0.1, 0.15) is 0 Å². The van der Waals surface area contributed by atoms with Gasteiger partial charge in [0.25, 0.3) is 0 Å². The Hall–Kier alpha value is -6.71. The minimum atomic E-state index is -0.0829. The van der Waals surface area contributed by atoms with Gasteiger partial charge in [-0.15, -0.1) is 0 Å². The summed E-state index contributed by atoms with van der Waals surface area (Å²) in [6, 6.07) is 62.6. The highest BCUT2D eigenvalue weighted by atomic mass is 15.0. The molecule has 0 bridgehead atoms. The second-order valence-corrected chi connectivity index (χ2v) is 14.5. The van der Waals surface area contributed by atoms with Crippen LogP contribution in [0.4, 0.5) is 0 Å². The third-order valence-electron chi connectivity index (χ3n) is 10.9. The molecule has 8 aromatic carbocycles. The molecule has 0 fully saturated rings. The van der Waals surface area contributed by atoms with Gasteiger partial charge < -0.3 is 0 Å². The molecule has 0 saturated heterocycles. The van der Waals surface area contributed by atoms with Crippen molar-refractivity contribution in [3.8, 4) is 67.5 Å². The van der Waals surface area contributed by atoms with Gasteiger partial charge in [0.15, 0.2) is 17.5 Å². The molecule has 250 valence electrons. The molecule has 0 spiro atoms. The summed E-state index contributed by atoms with van der Waals surface area (Å²) >= 11 is 0. The van der Waals surface area contributed by atoms with Crippen LogP contribution in [0.3, 0.4) is 0 Å². The average Bonchev–Trinajstić information content (AvgIpc) is 3.45. The topological polar surface area (TPSA) is 38.7 Å². The van der Waals surface area contributed by atoms with Gasteiger partial charge in [-0.05, 0) is 102 Å². The van der Waals surface area contributed by atoms with E-state index in [2.05, 4.69) is 172 Å². The molecular weight excluding hydrogens is 643 g/mol. The molecule has 0 aliphatic heterocycles. The lowest BCUT2D eigenvalue weighted by molar-refractivity contribution is 0.661. The Balaban J connectivity index is 1.18. The SMILES string of the molecule is CC1(C)c2ccccc2-c2cc3ccc4ccc(-c5nc(-c6ccccc6)nc(-c6cc(-c7ccccc7)cc(-c7ccccc7)c6)n5)cc4c3cc21. The quantitative estimate of drug-likeness (QED) is 0.170. The lowest BCUT2D eigenvalue weighted by atomic mass is 9.81. The Morgan fingerprint density at radius 2 is 0.811 bits per heavy atom. The van der Waals surface area contributed by atoms with Gasteiger partial charge in [0, 0.05) is 22.1 Å². The van der Waals surface area contributed by atoms with E-state index in [1.54, 1.807) is 0 Å². The van der Waals surface area contributed by atoms with Crippen molar-refractivity contribution in [2.75, 3.05) is 0 Å². The Kier molecular flexibility index (Phi) is 7.16. The maximum absolute atomic E-state index is 5.24. The maximum atomic E-state index is 5.24. The molecule has 1 aromatic heterocycles. The molecule has 0 N–H and O–H groups in total. The van der Waals surface area contributed by atoms with E-state index in [9.17, 15) is 0 Å². The summed E-state index contributed by atoms with van der Waals surface area (Å²) in [5.74, 6) is 1.93. The van der Waals surface area contributed by atoms with E-state index in [1.165, 1.54) is 43.8 Å². The fourth-order valence-corrected chi connectivity index (χ4v) is 8.09. The van der Waals surface area contributed by atoms with E-state index in [0.717, 1.165) is 38.9 Å². The number of fused-ring (bicyclic) bond motifs is 6. The molecule has 0 radical (unpaired) electrons. The summed E-state index contributed by atoms with van der Waals surface area (Å²) in [4.78, 5) is 15.5. The lowest BCUT2D eigenvalue weighted by Crippen LogP contribution is -2.14. The number of rotatable bonds is 5. The fourth-order valence-electron chi connectivity index (χ4n) is 8.09. The first-order valence-corrected chi connectivity index (χ1v) is 18.2. The van der Waals surface area contributed by atoms with Crippen LogP contribution >= 0.6 is 0 Å². The van der Waals surface area contributed by atoms with E-state index in [1.807, 2.05) is 18.2 Å². The van der Waals surface area contributed by atoms with Crippen molar-refractivity contribution in [1.29, 1.82) is 0 Å². The zero-order valence-electron chi connectivity index (χ0n) is 29.6. The van der Waals surface area contributed by atoms with E-state index in [0.29, 0.717) is 17.5 Å². The van der Waals surface area contributed by atoms with Crippen LogP contribution in [0, 0.1) is 0 Å². The van der Waals surface area contributed by atoms with Gasteiger partial charge in [-0.2, -0.15) is 0 Å². The van der Waals surface area contributed by atoms with Crippen LogP contribution < -0.4 is 0 Å². The second kappa shape index (κ2) is 12.2. The molecule has 3 nitrogen and oxygen atoms in total. The average molecular weight is 678 g/mol. The van der Waals surface area contributed by atoms with Gasteiger partial charge in [0.05, 0.1) is 0 Å². The number of hydrogen-bond donors (Lipinski definition) is 0. The molecule has 9 aromatic rings. The molecule has 1 aliphatic rings. The van der Waals surface area contributed by atoms with E-state index in [-0.39, 0.29) is 5.41 Å². The summed E-state index contributed by atoms with van der Waals surface area (Å²) in [6.07, 6.45) is 0. The van der Waals surface area contributed by atoms with Crippen molar-refractivity contribution in [3.05, 3.63) is 187 Å². The molecular formula is C50H35N3. The molecule has 53 heavy (non-hydrogen) atoms. The minimum Gasteiger partial charge on any atom is -0.208 e. The largest absolute Gasteiger partial charge is 0.208 e. The van der Waals surface area contributed by atoms with Crippen molar-refractivity contribution < 1.29 is 0 Å². The second-order valence-electron chi connectivity index (χ2n) is 14.5. The Morgan fingerprint density at radius 3 is 1.47 bits per heavy atom. The van der Waals surface area contributed by atoms with Gasteiger partial charge in [0.2, 0.25) is 0 Å². The van der Waals surface area contributed by atoms with Gasteiger partial charge in [-0.1, -0.05) is 153 Å². The number of benzene rings is 8. The highest BCUT2D eigenvalue weighted by Gasteiger charge is 2.35. The number of aromatic nitrogens is 3. The van der Waals surface area contributed by atoms with Gasteiger partial charge in [-0.25, -0.2) is 15.0 Å². The predicted molar refractivity (Wildman–Crippen MR) is 220 cm³/mol. The molecule has 1 heterocycles. The Labute approximate surface area is 309 Å². The van der Waals surface area contributed by atoms with Crippen LogP contribution in [-0.4, -0.2) is 15.0 Å². The van der Waals surface area contributed by atoms with Crippen molar-refractivity contribution in [1.82, 2.24) is 15.0 Å². The van der Waals surface area contributed by atoms with E-state index in [4.69, 9.17) is 15.0 Å². The molecule has 0 atom stereocenters. The van der Waals surface area contributed by atoms with Crippen LogP contribution in [0.2, 0.25) is 0 Å². The third-order valence-corrected chi connectivity index (χ3v) is 10.9. The molecule has 0 amide bonds. The summed E-state index contributed by atoms with van der Waals surface area (Å²) in [6.45, 7) is 4.68. The first-order valence-electron chi connectivity index (χ1n) is 18.2. The van der Waals surface area contributed by atoms with Crippen molar-refractivity contribution >= 4 is 21.5 Å². The monoisotopic (exact) mass is 677 g/mol. The maximum Gasteiger partial charge on any atom is 0.164 e. The Morgan fingerprint density at radius 1 is 0.321 bits per heavy atom. The van der Waals surface area contributed by atoms with Crippen molar-refractivity contribution in [3.63, 3.8) is 0 Å². The van der Waals surface area contributed by atoms with Crippen LogP contribution in [-0.2, 0) is 5.41 Å². The zero-order valence-corrected chi connectivity index (χ0v) is 29.6. The zero-order chi connectivity index (χ0) is 35.5. The van der Waals surface area contributed by atoms with E-state index < -0.39 is 0 Å². The first kappa shape index (κ1) is 31.1. The molecule has 0 saturated carbocycles. The Bertz CT molecular complexity index is 2780. The predicted octanol–water partition coefficient (Wildman–Crippen LogP) is 12.8. The molecule has 10 rings (SSSR count). The first-order chi connectivity index (χ1) is 26.0. The third kappa shape index (κ3) is 5.32. The summed E-state index contributed by atoms with van der Waals surface area (Å²) in [7, 11) is 0. The highest BCUT2D eigenvalue weighted by Crippen LogP contribution is 2.50. The van der Waals surface area contributed by atoms with Crippen molar-refractivity contribution in [2.45, 2.75) is 19.3 Å². The number of nitrogens with zero attached hydrogens (tertiary/aromatic N) is 3. The molecule has 0 unspecified atom stereocenters. The van der Waals surface area contributed by atoms with Gasteiger partial charge in [-0.3, -0.25) is 0 Å². The van der Waals surface area contributed by atoms with Gasteiger partial charge >= 0.3 is 0 Å². The number of hydrogen-bond acceptors (Lipinski definition) is 3. The summed E-state index contributed by atoms with van der Waals surface area (Å²) < 4.78 is 0. The van der Waals surface area contributed by atoms with Crippen LogP contribution in [0.5, 0.6) is 0 Å². The summed E-state index contributed by atoms with van der Waals surface area (Å²) in [5, 5.41) is 4.85. The van der Waals surface area contributed by atoms with Crippen molar-refractivity contribution in [2.24, 2.45) is 0 Å². The lowest BCUT2D eigenvalue weighted by Gasteiger charge is -2.22. The highest BCUT2D eigenvalue weighted by molar-refractivity contribution is 6.10. The standard InChI is InChI=1S/C50H35N3/c1-50(2)45-21-13-12-20-41(45)44-29-36-24-22-34-23-25-37(30-42(34)43(36)31-46(44)50)48-51-47(35-18-10-5-11-19-35)52-49(53-48)40-27-38(32-14-6-3-7-15-32)26-39(28-40)33-16-8-4-9-17-33/h3-31H,1-2H3. The normalized spacial score (nSPS) is 12.9. The van der Waals surface area contributed by atoms with Crippen LogP contribution in [0.1, 0.15) is 25.0 Å². The molecule has 1 aliphatic carbocycles.